The van der Waals surface area contributed by atoms with Crippen LogP contribution >= 0.6 is 23.5 Å². The van der Waals surface area contributed by atoms with Gasteiger partial charge in [0, 0.05) is 62.5 Å². The van der Waals surface area contributed by atoms with Crippen LogP contribution in [-0.2, 0) is 19.1 Å². The quantitative estimate of drug-likeness (QED) is 0.146. The number of anilines is 2. The second-order valence-electron chi connectivity index (χ2n) is 13.2. The van der Waals surface area contributed by atoms with Crippen LogP contribution in [-0.4, -0.2) is 152 Å². The highest BCUT2D eigenvalue weighted by Gasteiger charge is 2.22. The summed E-state index contributed by atoms with van der Waals surface area (Å²) < 4.78 is 38.8. The average molecular weight is 749 g/mol. The molecule has 0 radical (unpaired) electrons. The van der Waals surface area contributed by atoms with E-state index in [0.717, 1.165) is 61.3 Å². The molecule has 2 unspecified atom stereocenters. The summed E-state index contributed by atoms with van der Waals surface area (Å²) >= 11 is 2.25. The molecule has 2 fully saturated rings. The Labute approximate surface area is 301 Å². The number of β-amino-alcohol motifs (C(OH)–C–C–N with tert-alkyl or cyclic N) is 2. The minimum Gasteiger partial charge on any atom is -0.478 e. The highest BCUT2D eigenvalue weighted by Crippen LogP contribution is 2.27. The van der Waals surface area contributed by atoms with E-state index in [2.05, 4.69) is 79.5 Å². The van der Waals surface area contributed by atoms with E-state index in [4.69, 9.17) is 29.2 Å². The molecule has 0 aliphatic carbocycles. The topological polar surface area (TPSA) is 234 Å². The molecule has 0 bridgehead atoms. The van der Waals surface area contributed by atoms with E-state index in [1.54, 1.807) is 0 Å². The third kappa shape index (κ3) is 18.7. The number of rotatable bonds is 14. The molecule has 0 spiro atoms. The van der Waals surface area contributed by atoms with E-state index in [1.165, 1.54) is 0 Å². The molecular formula is C30H52N8O10S2. The first-order valence-electron chi connectivity index (χ1n) is 16.1. The number of aliphatic carboxylic acids is 2. The summed E-state index contributed by atoms with van der Waals surface area (Å²) in [4.78, 5) is 23.3. The highest BCUT2D eigenvalue weighted by atomic mass is 32.1. The zero-order valence-electron chi connectivity index (χ0n) is 29.5. The maximum absolute atomic E-state index is 9.95. The van der Waals surface area contributed by atoms with Crippen molar-refractivity contribution in [2.75, 3.05) is 88.7 Å². The molecular weight excluding hydrogens is 697 g/mol. The van der Waals surface area contributed by atoms with Gasteiger partial charge in [0.15, 0.2) is 0 Å². The van der Waals surface area contributed by atoms with Crippen LogP contribution < -0.4 is 29.9 Å². The lowest BCUT2D eigenvalue weighted by Crippen LogP contribution is -2.42. The van der Waals surface area contributed by atoms with Gasteiger partial charge in [-0.15, -0.1) is 8.75 Å². The summed E-state index contributed by atoms with van der Waals surface area (Å²) in [5.74, 6) is -0.0215. The van der Waals surface area contributed by atoms with Crippen molar-refractivity contribution in [3.63, 3.8) is 0 Å². The number of hydrogen-bond acceptors (Lipinski definition) is 18. The number of nitrogens with one attached hydrogen (secondary N) is 2. The molecule has 18 nitrogen and oxygen atoms in total. The third-order valence-electron chi connectivity index (χ3n) is 6.44. The lowest BCUT2D eigenvalue weighted by atomic mass is 10.1. The fraction of sp³-hybridized carbons (Fsp3) is 0.733. The van der Waals surface area contributed by atoms with Gasteiger partial charge < -0.3 is 59.8 Å². The maximum Gasteiger partial charge on any atom is 0.328 e. The lowest BCUT2D eigenvalue weighted by molar-refractivity contribution is -0.134. The SMILES string of the molecule is CC(C)(C)NCC(O)COc1nsnc1N1CCOCC1.CC(C)(C)NCC(O)COc1nsnc1N1CCOCC1.O=C(O)/C=C/C(=O)O. The molecule has 2 saturated heterocycles. The number of aliphatic hydroxyl groups is 2. The van der Waals surface area contributed by atoms with Crippen molar-refractivity contribution in [1.29, 1.82) is 0 Å². The summed E-state index contributed by atoms with van der Waals surface area (Å²) in [5.41, 5.74) is -0.0513. The number of morpholine rings is 2. The van der Waals surface area contributed by atoms with Gasteiger partial charge in [0.1, 0.15) is 25.4 Å². The van der Waals surface area contributed by atoms with Gasteiger partial charge in [0.25, 0.3) is 11.8 Å². The lowest BCUT2D eigenvalue weighted by Gasteiger charge is -2.27. The molecule has 4 rings (SSSR count). The van der Waals surface area contributed by atoms with Crippen LogP contribution in [0.3, 0.4) is 0 Å². The van der Waals surface area contributed by atoms with Gasteiger partial charge in [-0.05, 0) is 41.5 Å². The summed E-state index contributed by atoms with van der Waals surface area (Å²) in [5, 5.41) is 42.0. The van der Waals surface area contributed by atoms with Gasteiger partial charge in [0.2, 0.25) is 11.6 Å². The van der Waals surface area contributed by atoms with Crippen molar-refractivity contribution in [1.82, 2.24) is 28.1 Å². The van der Waals surface area contributed by atoms with Crippen molar-refractivity contribution >= 4 is 47.0 Å². The Bertz CT molecular complexity index is 1190. The first-order chi connectivity index (χ1) is 23.5. The Morgan fingerprint density at radius 3 is 1.36 bits per heavy atom. The van der Waals surface area contributed by atoms with E-state index in [0.29, 0.717) is 63.4 Å². The molecule has 4 heterocycles. The molecule has 0 aromatic carbocycles. The predicted molar refractivity (Wildman–Crippen MR) is 189 cm³/mol. The number of carboxylic acids is 2. The molecule has 2 atom stereocenters. The van der Waals surface area contributed by atoms with E-state index < -0.39 is 24.1 Å². The molecule has 2 aliphatic heterocycles. The first kappa shape index (κ1) is 42.9. The maximum atomic E-state index is 9.95. The zero-order chi connectivity index (χ0) is 37.2. The summed E-state index contributed by atoms with van der Waals surface area (Å²) in [6.45, 7) is 19.6. The number of carboxylic acid groups (broad SMARTS) is 2. The van der Waals surface area contributed by atoms with E-state index in [1.807, 2.05) is 0 Å². The van der Waals surface area contributed by atoms with Crippen LogP contribution in [0.4, 0.5) is 11.6 Å². The van der Waals surface area contributed by atoms with Crippen molar-refractivity contribution in [3.8, 4) is 11.8 Å². The molecule has 2 aromatic heterocycles. The average Bonchev–Trinajstić information content (AvgIpc) is 3.74. The van der Waals surface area contributed by atoms with Gasteiger partial charge >= 0.3 is 11.9 Å². The Hall–Kier alpha value is -3.24. The molecule has 2 aromatic rings. The fourth-order valence-electron chi connectivity index (χ4n) is 3.93. The summed E-state index contributed by atoms with van der Waals surface area (Å²) in [6.07, 6.45) is -0.0445. The molecule has 20 heteroatoms. The van der Waals surface area contributed by atoms with Gasteiger partial charge in [-0.25, -0.2) is 9.59 Å². The van der Waals surface area contributed by atoms with Crippen LogP contribution in [0, 0.1) is 0 Å². The first-order valence-corrected chi connectivity index (χ1v) is 17.6. The number of aromatic nitrogens is 4. The number of carbonyl (C=O) groups is 2. The number of aliphatic hydroxyl groups excluding tert-OH is 2. The summed E-state index contributed by atoms with van der Waals surface area (Å²) in [7, 11) is 0. The molecule has 6 N–H and O–H groups in total. The Morgan fingerprint density at radius 2 is 1.06 bits per heavy atom. The van der Waals surface area contributed by atoms with Crippen molar-refractivity contribution in [2.45, 2.75) is 64.8 Å². The largest absolute Gasteiger partial charge is 0.478 e. The standard InChI is InChI=1S/2C13H24N4O3S.C4H4O4/c2*1-13(2,3)14-8-10(18)9-20-12-11(15-21-16-12)17-4-6-19-7-5-17;5-3(6)1-2-4(7)8/h2*10,14,18H,4-9H2,1-3H3;1-2H,(H,5,6)(H,7,8)/b;;2-1+. The van der Waals surface area contributed by atoms with Gasteiger partial charge in [0.05, 0.1) is 49.9 Å². The smallest absolute Gasteiger partial charge is 0.328 e. The van der Waals surface area contributed by atoms with E-state index >= 15 is 0 Å². The molecule has 284 valence electrons. The molecule has 0 amide bonds. The Morgan fingerprint density at radius 1 is 0.720 bits per heavy atom. The Kier molecular flexibility index (Phi) is 18.8. The molecule has 2 aliphatic rings. The van der Waals surface area contributed by atoms with Crippen LogP contribution in [0.2, 0.25) is 0 Å². The fourth-order valence-corrected chi connectivity index (χ4v) is 4.97. The zero-order valence-corrected chi connectivity index (χ0v) is 31.2. The predicted octanol–water partition coefficient (Wildman–Crippen LogP) is 0.717. The summed E-state index contributed by atoms with van der Waals surface area (Å²) in [6, 6.07) is 0. The van der Waals surface area contributed by atoms with Crippen LogP contribution in [0.15, 0.2) is 12.2 Å². The van der Waals surface area contributed by atoms with Crippen LogP contribution in [0.25, 0.3) is 0 Å². The number of nitrogens with zero attached hydrogens (tertiary/aromatic N) is 6. The monoisotopic (exact) mass is 748 g/mol. The normalized spacial score (nSPS) is 16.5. The Balaban J connectivity index is 0.000000286. The third-order valence-corrected chi connectivity index (χ3v) is 7.44. The van der Waals surface area contributed by atoms with Gasteiger partial charge in [-0.2, -0.15) is 8.75 Å². The van der Waals surface area contributed by atoms with Crippen LogP contribution in [0.5, 0.6) is 11.8 Å². The van der Waals surface area contributed by atoms with Gasteiger partial charge in [-0.1, -0.05) is 0 Å². The van der Waals surface area contributed by atoms with Gasteiger partial charge in [-0.3, -0.25) is 0 Å². The minimum absolute atomic E-state index is 0.0257. The van der Waals surface area contributed by atoms with Crippen LogP contribution in [0.1, 0.15) is 41.5 Å². The second kappa shape index (κ2) is 21.9. The molecule has 0 saturated carbocycles. The number of hydrogen-bond donors (Lipinski definition) is 6. The van der Waals surface area contributed by atoms with Crippen molar-refractivity contribution in [2.24, 2.45) is 0 Å². The van der Waals surface area contributed by atoms with E-state index in [-0.39, 0.29) is 24.3 Å². The number of ether oxygens (including phenoxy) is 4. The van der Waals surface area contributed by atoms with Crippen molar-refractivity contribution in [3.05, 3.63) is 12.2 Å². The van der Waals surface area contributed by atoms with Crippen molar-refractivity contribution < 1.29 is 49.0 Å². The second-order valence-corrected chi connectivity index (χ2v) is 14.2. The van der Waals surface area contributed by atoms with E-state index in [9.17, 15) is 19.8 Å². The molecule has 50 heavy (non-hydrogen) atoms. The highest BCUT2D eigenvalue weighted by molar-refractivity contribution is 6.99. The minimum atomic E-state index is -1.26.